The van der Waals surface area contributed by atoms with E-state index in [9.17, 15) is 17.6 Å². The lowest BCUT2D eigenvalue weighted by molar-refractivity contribution is 0.0527. The fourth-order valence-electron chi connectivity index (χ4n) is 3.43. The lowest BCUT2D eigenvalue weighted by Gasteiger charge is -2.14. The van der Waals surface area contributed by atoms with Gasteiger partial charge in [-0.2, -0.15) is 9.78 Å². The molecule has 0 spiro atoms. The Morgan fingerprint density at radius 2 is 1.91 bits per heavy atom. The third-order valence-corrected chi connectivity index (χ3v) is 6.41. The van der Waals surface area contributed by atoms with E-state index < -0.39 is 21.8 Å². The van der Waals surface area contributed by atoms with E-state index in [0.717, 1.165) is 35.2 Å². The lowest BCUT2D eigenvalue weighted by atomic mass is 10.1. The summed E-state index contributed by atoms with van der Waals surface area (Å²) in [5, 5.41) is 5.05. The second-order valence-corrected chi connectivity index (χ2v) is 8.93. The minimum atomic E-state index is -4.20. The highest BCUT2D eigenvalue weighted by molar-refractivity contribution is 7.92. The van der Waals surface area contributed by atoms with Gasteiger partial charge in [-0.15, -0.1) is 0 Å². The quantitative estimate of drug-likeness (QED) is 0.397. The molecule has 34 heavy (non-hydrogen) atoms. The van der Waals surface area contributed by atoms with Crippen molar-refractivity contribution >= 4 is 32.7 Å². The molecule has 0 saturated heterocycles. The average Bonchev–Trinajstić information content (AvgIpc) is 3.22. The Morgan fingerprint density at radius 3 is 2.59 bits per heavy atom. The van der Waals surface area contributed by atoms with E-state index in [1.807, 2.05) is 19.1 Å². The van der Waals surface area contributed by atoms with Gasteiger partial charge in [-0.3, -0.25) is 4.72 Å². The van der Waals surface area contributed by atoms with Crippen molar-refractivity contribution in [1.82, 2.24) is 14.8 Å². The SMILES string of the molecule is CCOC(=O)c1cnn(-c2cc(C)c3cccc(OC)c3n2)c1NS(=O)(=O)c1ccc(F)cc1. The number of esters is 1. The Labute approximate surface area is 195 Å². The van der Waals surface area contributed by atoms with Crippen molar-refractivity contribution in [1.29, 1.82) is 0 Å². The molecule has 0 saturated carbocycles. The molecule has 11 heteroatoms. The van der Waals surface area contributed by atoms with Gasteiger partial charge in [0.25, 0.3) is 10.0 Å². The van der Waals surface area contributed by atoms with E-state index in [1.54, 1.807) is 19.1 Å². The van der Waals surface area contributed by atoms with Crippen molar-refractivity contribution in [2.75, 3.05) is 18.4 Å². The van der Waals surface area contributed by atoms with Crippen LogP contribution in [0.3, 0.4) is 0 Å². The number of sulfonamides is 1. The fourth-order valence-corrected chi connectivity index (χ4v) is 4.49. The van der Waals surface area contributed by atoms with E-state index in [2.05, 4.69) is 14.8 Å². The molecule has 2 heterocycles. The number of nitrogens with one attached hydrogen (secondary N) is 1. The summed E-state index contributed by atoms with van der Waals surface area (Å²) < 4.78 is 53.5. The summed E-state index contributed by atoms with van der Waals surface area (Å²) >= 11 is 0. The number of hydrogen-bond acceptors (Lipinski definition) is 7. The first-order valence-electron chi connectivity index (χ1n) is 10.2. The van der Waals surface area contributed by atoms with Crippen LogP contribution in [-0.4, -0.2) is 42.9 Å². The van der Waals surface area contributed by atoms with Gasteiger partial charge >= 0.3 is 5.97 Å². The maximum atomic E-state index is 13.3. The predicted octanol–water partition coefficient (Wildman–Crippen LogP) is 3.85. The Balaban J connectivity index is 1.89. The van der Waals surface area contributed by atoms with Crippen LogP contribution in [-0.2, 0) is 14.8 Å². The number of hydrogen-bond donors (Lipinski definition) is 1. The topological polar surface area (TPSA) is 112 Å². The minimum absolute atomic E-state index is 0.0820. The maximum Gasteiger partial charge on any atom is 0.343 e. The van der Waals surface area contributed by atoms with Crippen molar-refractivity contribution < 1.29 is 27.1 Å². The van der Waals surface area contributed by atoms with Gasteiger partial charge in [0, 0.05) is 5.39 Å². The Hall–Kier alpha value is -3.99. The molecular formula is C23H21FN4O5S. The molecule has 0 aliphatic heterocycles. The molecule has 0 amide bonds. The van der Waals surface area contributed by atoms with Gasteiger partial charge < -0.3 is 9.47 Å². The second-order valence-electron chi connectivity index (χ2n) is 7.25. The molecule has 0 aliphatic carbocycles. The third kappa shape index (κ3) is 4.29. The Bertz CT molecular complexity index is 1480. The standard InChI is InChI=1S/C23H21FN4O5S/c1-4-33-23(29)18-13-25-28(22(18)27-34(30,31)16-10-8-15(24)9-11-16)20-12-14(2)17-6-5-7-19(32-3)21(17)26-20/h5-13,27H,4H2,1-3H3. The number of rotatable bonds is 7. The van der Waals surface area contributed by atoms with Crippen molar-refractivity contribution in [3.63, 3.8) is 0 Å². The van der Waals surface area contributed by atoms with Crippen LogP contribution in [0.1, 0.15) is 22.8 Å². The smallest absolute Gasteiger partial charge is 0.343 e. The normalized spacial score (nSPS) is 11.4. The van der Waals surface area contributed by atoms with Gasteiger partial charge in [0.2, 0.25) is 0 Å². The van der Waals surface area contributed by atoms with Crippen LogP contribution in [0.25, 0.3) is 16.7 Å². The number of para-hydroxylation sites is 1. The maximum absolute atomic E-state index is 13.3. The number of methoxy groups -OCH3 is 1. The molecule has 9 nitrogen and oxygen atoms in total. The number of carbonyl (C=O) groups is 1. The first-order valence-corrected chi connectivity index (χ1v) is 11.7. The lowest BCUT2D eigenvalue weighted by Crippen LogP contribution is -2.19. The van der Waals surface area contributed by atoms with Crippen LogP contribution >= 0.6 is 0 Å². The third-order valence-electron chi connectivity index (χ3n) is 5.05. The average molecular weight is 485 g/mol. The first-order chi connectivity index (χ1) is 16.2. The fraction of sp³-hybridized carbons (Fsp3) is 0.174. The van der Waals surface area contributed by atoms with Gasteiger partial charge in [-0.1, -0.05) is 12.1 Å². The Morgan fingerprint density at radius 1 is 1.18 bits per heavy atom. The molecule has 0 aliphatic rings. The molecule has 176 valence electrons. The summed E-state index contributed by atoms with van der Waals surface area (Å²) in [5.41, 5.74) is 1.27. The highest BCUT2D eigenvalue weighted by Crippen LogP contribution is 2.30. The van der Waals surface area contributed by atoms with Crippen LogP contribution in [0.4, 0.5) is 10.2 Å². The number of fused-ring (bicyclic) bond motifs is 1. The molecule has 4 aromatic rings. The first kappa shape index (κ1) is 23.2. The van der Waals surface area contributed by atoms with Crippen LogP contribution < -0.4 is 9.46 Å². The van der Waals surface area contributed by atoms with Gasteiger partial charge in [0.1, 0.15) is 22.6 Å². The van der Waals surface area contributed by atoms with E-state index in [0.29, 0.717) is 11.3 Å². The number of aromatic nitrogens is 3. The number of pyridine rings is 1. The molecule has 1 N–H and O–H groups in total. The van der Waals surface area contributed by atoms with Crippen LogP contribution in [0, 0.1) is 12.7 Å². The van der Waals surface area contributed by atoms with E-state index >= 15 is 0 Å². The molecule has 0 atom stereocenters. The number of nitrogens with zero attached hydrogens (tertiary/aromatic N) is 3. The largest absolute Gasteiger partial charge is 0.494 e. The number of aryl methyl sites for hydroxylation is 1. The molecule has 2 aromatic heterocycles. The molecule has 0 bridgehead atoms. The number of ether oxygens (including phenoxy) is 2. The number of anilines is 1. The van der Waals surface area contributed by atoms with E-state index in [4.69, 9.17) is 9.47 Å². The second kappa shape index (κ2) is 9.10. The summed E-state index contributed by atoms with van der Waals surface area (Å²) in [6.45, 7) is 3.58. The molecule has 2 aromatic carbocycles. The number of benzene rings is 2. The molecule has 4 rings (SSSR count). The zero-order valence-electron chi connectivity index (χ0n) is 18.6. The Kier molecular flexibility index (Phi) is 6.20. The highest BCUT2D eigenvalue weighted by atomic mass is 32.2. The summed E-state index contributed by atoms with van der Waals surface area (Å²) in [5.74, 6) is -0.735. The van der Waals surface area contributed by atoms with Crippen molar-refractivity contribution in [3.05, 3.63) is 71.7 Å². The van der Waals surface area contributed by atoms with E-state index in [1.165, 1.54) is 18.0 Å². The molecule has 0 fully saturated rings. The van der Waals surface area contributed by atoms with E-state index in [-0.39, 0.29) is 28.7 Å². The van der Waals surface area contributed by atoms with Gasteiger partial charge in [0.15, 0.2) is 11.6 Å². The summed E-state index contributed by atoms with van der Waals surface area (Å²) in [6, 6.07) is 11.5. The zero-order valence-corrected chi connectivity index (χ0v) is 19.4. The summed E-state index contributed by atoms with van der Waals surface area (Å²) in [4.78, 5) is 17.0. The van der Waals surface area contributed by atoms with Crippen molar-refractivity contribution in [2.45, 2.75) is 18.7 Å². The van der Waals surface area contributed by atoms with Crippen LogP contribution in [0.5, 0.6) is 5.75 Å². The highest BCUT2D eigenvalue weighted by Gasteiger charge is 2.26. The van der Waals surface area contributed by atoms with Gasteiger partial charge in [-0.05, 0) is 55.8 Å². The number of halogens is 1. The van der Waals surface area contributed by atoms with Gasteiger partial charge in [-0.25, -0.2) is 22.6 Å². The number of carbonyl (C=O) groups excluding carboxylic acids is 1. The summed E-state index contributed by atoms with van der Waals surface area (Å²) in [6.07, 6.45) is 1.20. The molecule has 0 unspecified atom stereocenters. The zero-order chi connectivity index (χ0) is 24.5. The van der Waals surface area contributed by atoms with Crippen molar-refractivity contribution in [3.8, 4) is 11.6 Å². The van der Waals surface area contributed by atoms with Crippen LogP contribution in [0.2, 0.25) is 0 Å². The monoisotopic (exact) mass is 484 g/mol. The van der Waals surface area contributed by atoms with Crippen molar-refractivity contribution in [2.24, 2.45) is 0 Å². The summed E-state index contributed by atoms with van der Waals surface area (Å²) in [7, 11) is -2.68. The molecule has 0 radical (unpaired) electrons. The van der Waals surface area contributed by atoms with Crippen LogP contribution in [0.15, 0.2) is 59.6 Å². The predicted molar refractivity (Wildman–Crippen MR) is 123 cm³/mol. The van der Waals surface area contributed by atoms with Gasteiger partial charge in [0.05, 0.1) is 24.8 Å². The molecular weight excluding hydrogens is 463 g/mol. The minimum Gasteiger partial charge on any atom is -0.494 e.